The Hall–Kier alpha value is -3.02. The Labute approximate surface area is 146 Å². The smallest absolute Gasteiger partial charge is 0.269 e. The third-order valence-electron chi connectivity index (χ3n) is 4.38. The van der Waals surface area contributed by atoms with Crippen molar-refractivity contribution in [1.82, 2.24) is 9.88 Å². The molecule has 0 N–H and O–H groups in total. The van der Waals surface area contributed by atoms with Gasteiger partial charge in [-0.3, -0.25) is 19.9 Å². The highest BCUT2D eigenvalue weighted by molar-refractivity contribution is 5.92. The summed E-state index contributed by atoms with van der Waals surface area (Å²) >= 11 is 0. The minimum atomic E-state index is -0.440. The summed E-state index contributed by atoms with van der Waals surface area (Å²) in [6.07, 6.45) is 9.80. The van der Waals surface area contributed by atoms with Crippen LogP contribution in [0.4, 0.5) is 5.69 Å². The summed E-state index contributed by atoms with van der Waals surface area (Å²) in [4.78, 5) is 28.9. The van der Waals surface area contributed by atoms with Crippen LogP contribution in [0.2, 0.25) is 0 Å². The van der Waals surface area contributed by atoms with Crippen LogP contribution in [0.3, 0.4) is 0 Å². The first-order valence-corrected chi connectivity index (χ1v) is 8.28. The summed E-state index contributed by atoms with van der Waals surface area (Å²) < 4.78 is 0. The van der Waals surface area contributed by atoms with Crippen LogP contribution in [-0.2, 0) is 4.79 Å². The lowest BCUT2D eigenvalue weighted by Crippen LogP contribution is -2.37. The van der Waals surface area contributed by atoms with Crippen molar-refractivity contribution in [2.24, 2.45) is 0 Å². The lowest BCUT2D eigenvalue weighted by molar-refractivity contribution is -0.384. The molecule has 0 radical (unpaired) electrons. The number of non-ortho nitro benzene ring substituents is 1. The van der Waals surface area contributed by atoms with Gasteiger partial charge in [0.25, 0.3) is 5.69 Å². The number of pyridine rings is 1. The maximum absolute atomic E-state index is 12.6. The summed E-state index contributed by atoms with van der Waals surface area (Å²) in [5, 5.41) is 10.7. The highest BCUT2D eigenvalue weighted by Gasteiger charge is 2.26. The second-order valence-electron chi connectivity index (χ2n) is 6.01. The van der Waals surface area contributed by atoms with Gasteiger partial charge in [-0.05, 0) is 54.7 Å². The maximum Gasteiger partial charge on any atom is 0.269 e. The van der Waals surface area contributed by atoms with E-state index in [0.29, 0.717) is 0 Å². The molecule has 25 heavy (non-hydrogen) atoms. The van der Waals surface area contributed by atoms with Crippen LogP contribution in [0.5, 0.6) is 0 Å². The molecule has 1 saturated heterocycles. The summed E-state index contributed by atoms with van der Waals surface area (Å²) in [6.45, 7) is 0.725. The third kappa shape index (κ3) is 4.09. The third-order valence-corrected chi connectivity index (χ3v) is 4.38. The highest BCUT2D eigenvalue weighted by atomic mass is 16.6. The van der Waals surface area contributed by atoms with Crippen molar-refractivity contribution in [3.63, 3.8) is 0 Å². The predicted molar refractivity (Wildman–Crippen MR) is 94.7 cm³/mol. The van der Waals surface area contributed by atoms with Gasteiger partial charge in [0.1, 0.15) is 0 Å². The van der Waals surface area contributed by atoms with Crippen LogP contribution in [-0.4, -0.2) is 27.3 Å². The monoisotopic (exact) mass is 337 g/mol. The number of amides is 1. The molecule has 0 spiro atoms. The van der Waals surface area contributed by atoms with E-state index in [1.165, 1.54) is 18.2 Å². The number of hydrogen-bond acceptors (Lipinski definition) is 4. The number of carbonyl (C=O) groups is 1. The molecule has 0 saturated carbocycles. The van der Waals surface area contributed by atoms with Crippen LogP contribution >= 0.6 is 0 Å². The summed E-state index contributed by atoms with van der Waals surface area (Å²) in [6, 6.07) is 10.1. The topological polar surface area (TPSA) is 76.3 Å². The van der Waals surface area contributed by atoms with Gasteiger partial charge in [-0.25, -0.2) is 0 Å². The van der Waals surface area contributed by atoms with Crippen molar-refractivity contribution in [3.05, 3.63) is 76.1 Å². The van der Waals surface area contributed by atoms with E-state index in [1.807, 2.05) is 23.2 Å². The van der Waals surface area contributed by atoms with Crippen molar-refractivity contribution in [1.29, 1.82) is 0 Å². The lowest BCUT2D eigenvalue weighted by atomic mass is 9.96. The molecule has 3 rings (SSSR count). The van der Waals surface area contributed by atoms with E-state index < -0.39 is 4.92 Å². The maximum atomic E-state index is 12.6. The Morgan fingerprint density at radius 2 is 2.04 bits per heavy atom. The average molecular weight is 337 g/mol. The zero-order valence-corrected chi connectivity index (χ0v) is 13.7. The fourth-order valence-electron chi connectivity index (χ4n) is 3.09. The Bertz CT molecular complexity index is 772. The number of carbonyl (C=O) groups excluding carboxylic acids is 1. The molecule has 1 aromatic carbocycles. The fraction of sp³-hybridized carbons (Fsp3) is 0.263. The second kappa shape index (κ2) is 7.70. The number of hydrogen-bond donors (Lipinski definition) is 0. The number of aromatic nitrogens is 1. The number of nitro groups is 1. The van der Waals surface area contributed by atoms with E-state index in [4.69, 9.17) is 0 Å². The van der Waals surface area contributed by atoms with Crippen molar-refractivity contribution in [2.75, 3.05) is 6.54 Å². The van der Waals surface area contributed by atoms with E-state index in [0.717, 1.165) is 36.9 Å². The molecule has 6 nitrogen and oxygen atoms in total. The van der Waals surface area contributed by atoms with E-state index in [9.17, 15) is 14.9 Å². The molecule has 128 valence electrons. The standard InChI is InChI=1S/C19H19N3O3/c23-19(11-8-15-6-9-17(10-7-15)22(24)25)21-13-2-1-5-18(21)16-4-3-12-20-14-16/h3-4,6-12,14,18H,1-2,5,13H2/b11-8+. The molecule has 1 aromatic heterocycles. The largest absolute Gasteiger partial charge is 0.332 e. The Kier molecular flexibility index (Phi) is 5.18. The molecule has 0 aliphatic carbocycles. The SMILES string of the molecule is O=C(/C=C/c1ccc([N+](=O)[O-])cc1)N1CCCCC1c1cccnc1. The normalized spacial score (nSPS) is 17.6. The molecule has 1 aliphatic rings. The number of benzene rings is 1. The zero-order valence-electron chi connectivity index (χ0n) is 13.7. The van der Waals surface area contributed by atoms with E-state index in [2.05, 4.69) is 4.98 Å². The number of piperidine rings is 1. The van der Waals surface area contributed by atoms with Gasteiger partial charge < -0.3 is 4.90 Å². The first-order valence-electron chi connectivity index (χ1n) is 8.28. The van der Waals surface area contributed by atoms with Crippen molar-refractivity contribution < 1.29 is 9.72 Å². The Morgan fingerprint density at radius 1 is 1.24 bits per heavy atom. The minimum Gasteiger partial charge on any atom is -0.332 e. The van der Waals surface area contributed by atoms with E-state index in [1.54, 1.807) is 24.4 Å². The minimum absolute atomic E-state index is 0.0381. The molecule has 0 bridgehead atoms. The summed E-state index contributed by atoms with van der Waals surface area (Å²) in [5.41, 5.74) is 1.85. The van der Waals surface area contributed by atoms with Crippen LogP contribution in [0.25, 0.3) is 6.08 Å². The quantitative estimate of drug-likeness (QED) is 0.483. The van der Waals surface area contributed by atoms with Crippen LogP contribution < -0.4 is 0 Å². The molecule has 2 heterocycles. The predicted octanol–water partition coefficient (Wildman–Crippen LogP) is 3.76. The van der Waals surface area contributed by atoms with Crippen molar-refractivity contribution in [2.45, 2.75) is 25.3 Å². The van der Waals surface area contributed by atoms with Crippen molar-refractivity contribution in [3.8, 4) is 0 Å². The molecule has 1 amide bonds. The molecule has 1 fully saturated rings. The van der Waals surface area contributed by atoms with Gasteiger partial charge >= 0.3 is 0 Å². The Balaban J connectivity index is 1.73. The molecular weight excluding hydrogens is 318 g/mol. The second-order valence-corrected chi connectivity index (χ2v) is 6.01. The average Bonchev–Trinajstić information content (AvgIpc) is 2.67. The Morgan fingerprint density at radius 3 is 2.72 bits per heavy atom. The van der Waals surface area contributed by atoms with Crippen LogP contribution in [0.1, 0.15) is 36.4 Å². The van der Waals surface area contributed by atoms with Gasteiger partial charge in [0, 0.05) is 37.1 Å². The number of nitro benzene ring substituents is 1. The fourth-order valence-corrected chi connectivity index (χ4v) is 3.09. The highest BCUT2D eigenvalue weighted by Crippen LogP contribution is 2.30. The van der Waals surface area contributed by atoms with Gasteiger partial charge in [0.2, 0.25) is 5.91 Å². The zero-order chi connectivity index (χ0) is 17.6. The number of likely N-dealkylation sites (tertiary alicyclic amines) is 1. The van der Waals surface area contributed by atoms with Crippen molar-refractivity contribution >= 4 is 17.7 Å². The van der Waals surface area contributed by atoms with Gasteiger partial charge in [-0.1, -0.05) is 6.07 Å². The molecule has 1 atom stereocenters. The number of rotatable bonds is 4. The summed E-state index contributed by atoms with van der Waals surface area (Å²) in [7, 11) is 0. The van der Waals surface area contributed by atoms with E-state index >= 15 is 0 Å². The molecule has 6 heteroatoms. The number of nitrogens with zero attached hydrogens (tertiary/aromatic N) is 3. The van der Waals surface area contributed by atoms with Gasteiger partial charge in [-0.15, -0.1) is 0 Å². The van der Waals surface area contributed by atoms with Gasteiger partial charge in [0.05, 0.1) is 11.0 Å². The van der Waals surface area contributed by atoms with Crippen LogP contribution in [0.15, 0.2) is 54.9 Å². The van der Waals surface area contributed by atoms with Gasteiger partial charge in [0.15, 0.2) is 0 Å². The van der Waals surface area contributed by atoms with E-state index in [-0.39, 0.29) is 17.6 Å². The summed E-state index contributed by atoms with van der Waals surface area (Å²) in [5.74, 6) is -0.0492. The van der Waals surface area contributed by atoms with Crippen LogP contribution in [0, 0.1) is 10.1 Å². The molecular formula is C19H19N3O3. The lowest BCUT2D eigenvalue weighted by Gasteiger charge is -2.35. The first-order chi connectivity index (χ1) is 12.1. The molecule has 2 aromatic rings. The molecule has 1 aliphatic heterocycles. The molecule has 1 unspecified atom stereocenters. The first kappa shape index (κ1) is 16.8. The van der Waals surface area contributed by atoms with Gasteiger partial charge in [-0.2, -0.15) is 0 Å².